The van der Waals surface area contributed by atoms with Crippen LogP contribution < -0.4 is 5.32 Å². The number of amides is 1. The van der Waals surface area contributed by atoms with Gasteiger partial charge in [-0.1, -0.05) is 17.3 Å². The lowest BCUT2D eigenvalue weighted by molar-refractivity contribution is 0.0853. The fourth-order valence-corrected chi connectivity index (χ4v) is 4.04. The standard InChI is InChI=1S/C20H27N5O3/c1-14-19(20(27)21-12-16-5-3-11-28-16)22-23-25(14)18-6-2-4-15-13-24(9-10-26)8-7-17(15)18/h2,4,6,16,26H,3,5,7-13H2,1H3,(H,21,27). The first-order valence-electron chi connectivity index (χ1n) is 9.94. The van der Waals surface area contributed by atoms with Crippen LogP contribution in [0.2, 0.25) is 0 Å². The Hall–Kier alpha value is -2.29. The van der Waals surface area contributed by atoms with E-state index in [2.05, 4.69) is 26.6 Å². The molecule has 2 aliphatic rings. The lowest BCUT2D eigenvalue weighted by Crippen LogP contribution is -2.33. The van der Waals surface area contributed by atoms with Crippen LogP contribution in [0.4, 0.5) is 0 Å². The lowest BCUT2D eigenvalue weighted by atomic mass is 9.97. The number of carbonyl (C=O) groups is 1. The van der Waals surface area contributed by atoms with Crippen molar-refractivity contribution in [1.82, 2.24) is 25.2 Å². The maximum Gasteiger partial charge on any atom is 0.273 e. The second-order valence-corrected chi connectivity index (χ2v) is 7.44. The number of nitrogens with one attached hydrogen (secondary N) is 1. The van der Waals surface area contributed by atoms with Crippen LogP contribution in [0.25, 0.3) is 5.69 Å². The molecule has 1 amide bonds. The Balaban J connectivity index is 1.53. The molecule has 150 valence electrons. The average Bonchev–Trinajstić information content (AvgIpc) is 3.35. The molecule has 1 aromatic heterocycles. The number of hydrogen-bond acceptors (Lipinski definition) is 6. The van der Waals surface area contributed by atoms with Crippen molar-refractivity contribution in [3.63, 3.8) is 0 Å². The number of benzene rings is 1. The van der Waals surface area contributed by atoms with Gasteiger partial charge >= 0.3 is 0 Å². The largest absolute Gasteiger partial charge is 0.395 e. The quantitative estimate of drug-likeness (QED) is 0.765. The van der Waals surface area contributed by atoms with Gasteiger partial charge in [-0.3, -0.25) is 9.69 Å². The summed E-state index contributed by atoms with van der Waals surface area (Å²) in [6, 6.07) is 6.15. The number of carbonyl (C=O) groups excluding carboxylic acids is 1. The van der Waals surface area contributed by atoms with Crippen molar-refractivity contribution in [3.8, 4) is 5.69 Å². The molecular weight excluding hydrogens is 358 g/mol. The van der Waals surface area contributed by atoms with Gasteiger partial charge < -0.3 is 15.2 Å². The highest BCUT2D eigenvalue weighted by molar-refractivity contribution is 5.93. The molecule has 8 heteroatoms. The number of aliphatic hydroxyl groups is 1. The molecule has 2 N–H and O–H groups in total. The van der Waals surface area contributed by atoms with Gasteiger partial charge in [0.25, 0.3) is 5.91 Å². The van der Waals surface area contributed by atoms with E-state index in [-0.39, 0.29) is 18.6 Å². The maximum atomic E-state index is 12.6. The molecule has 3 heterocycles. The fourth-order valence-electron chi connectivity index (χ4n) is 4.04. The van der Waals surface area contributed by atoms with Gasteiger partial charge in [0.1, 0.15) is 0 Å². The Bertz CT molecular complexity index is 844. The first-order chi connectivity index (χ1) is 13.7. The van der Waals surface area contributed by atoms with Gasteiger partial charge in [-0.05, 0) is 43.4 Å². The molecule has 28 heavy (non-hydrogen) atoms. The van der Waals surface area contributed by atoms with Crippen molar-refractivity contribution in [2.75, 3.05) is 32.8 Å². The van der Waals surface area contributed by atoms with Crippen LogP contribution >= 0.6 is 0 Å². The van der Waals surface area contributed by atoms with Crippen molar-refractivity contribution in [2.24, 2.45) is 0 Å². The summed E-state index contributed by atoms with van der Waals surface area (Å²) < 4.78 is 7.32. The number of β-amino-alcohol motifs (C(OH)–C–C–N with tert-alkyl or cyclic N) is 1. The number of ether oxygens (including phenoxy) is 1. The van der Waals surface area contributed by atoms with Gasteiger partial charge in [-0.2, -0.15) is 0 Å². The molecule has 0 saturated carbocycles. The van der Waals surface area contributed by atoms with Crippen LogP contribution in [0.15, 0.2) is 18.2 Å². The smallest absolute Gasteiger partial charge is 0.273 e. The molecule has 2 aromatic rings. The Kier molecular flexibility index (Phi) is 5.70. The van der Waals surface area contributed by atoms with Crippen LogP contribution in [0.5, 0.6) is 0 Å². The van der Waals surface area contributed by atoms with Crippen molar-refractivity contribution >= 4 is 5.91 Å². The molecule has 0 bridgehead atoms. The van der Waals surface area contributed by atoms with Crippen LogP contribution in [0.3, 0.4) is 0 Å². The number of aromatic nitrogens is 3. The number of rotatable bonds is 6. The predicted molar refractivity (Wildman–Crippen MR) is 103 cm³/mol. The van der Waals surface area contributed by atoms with Crippen LogP contribution in [-0.2, 0) is 17.7 Å². The molecule has 0 spiro atoms. The highest BCUT2D eigenvalue weighted by Crippen LogP contribution is 2.26. The third kappa shape index (κ3) is 3.80. The average molecular weight is 385 g/mol. The van der Waals surface area contributed by atoms with E-state index in [9.17, 15) is 9.90 Å². The number of hydrogen-bond donors (Lipinski definition) is 2. The molecule has 1 aromatic carbocycles. The minimum Gasteiger partial charge on any atom is -0.395 e. The zero-order chi connectivity index (χ0) is 19.5. The van der Waals surface area contributed by atoms with Crippen LogP contribution in [-0.4, -0.2) is 69.9 Å². The number of fused-ring (bicyclic) bond motifs is 1. The SMILES string of the molecule is Cc1c(C(=O)NCC2CCCO2)nnn1-c1cccc2c1CCN(CCO)C2. The summed E-state index contributed by atoms with van der Waals surface area (Å²) in [5, 5.41) is 20.5. The van der Waals surface area contributed by atoms with Crippen molar-refractivity contribution in [2.45, 2.75) is 38.8 Å². The van der Waals surface area contributed by atoms with E-state index in [4.69, 9.17) is 4.74 Å². The summed E-state index contributed by atoms with van der Waals surface area (Å²) in [7, 11) is 0. The molecule has 0 radical (unpaired) electrons. The van der Waals surface area contributed by atoms with Gasteiger partial charge in [0.2, 0.25) is 0 Å². The third-order valence-corrected chi connectivity index (χ3v) is 5.59. The topological polar surface area (TPSA) is 92.5 Å². The summed E-state index contributed by atoms with van der Waals surface area (Å²) in [6.07, 6.45) is 3.01. The molecule has 0 aliphatic carbocycles. The van der Waals surface area contributed by atoms with Gasteiger partial charge in [0, 0.05) is 32.8 Å². The molecule has 1 saturated heterocycles. The highest BCUT2D eigenvalue weighted by atomic mass is 16.5. The summed E-state index contributed by atoms with van der Waals surface area (Å²) in [5.74, 6) is -0.210. The Morgan fingerprint density at radius 3 is 3.11 bits per heavy atom. The molecule has 1 atom stereocenters. The summed E-state index contributed by atoms with van der Waals surface area (Å²) in [5.41, 5.74) is 4.53. The minimum atomic E-state index is -0.210. The number of nitrogens with zero attached hydrogens (tertiary/aromatic N) is 4. The summed E-state index contributed by atoms with van der Waals surface area (Å²) >= 11 is 0. The second-order valence-electron chi connectivity index (χ2n) is 7.44. The molecule has 1 unspecified atom stereocenters. The minimum absolute atomic E-state index is 0.0994. The lowest BCUT2D eigenvalue weighted by Gasteiger charge is -2.29. The normalized spacial score (nSPS) is 19.6. The van der Waals surface area contributed by atoms with Crippen molar-refractivity contribution < 1.29 is 14.6 Å². The van der Waals surface area contributed by atoms with Gasteiger partial charge in [0.15, 0.2) is 5.69 Å². The Morgan fingerprint density at radius 1 is 1.43 bits per heavy atom. The van der Waals surface area contributed by atoms with E-state index in [1.54, 1.807) is 4.68 Å². The molecule has 8 nitrogen and oxygen atoms in total. The summed E-state index contributed by atoms with van der Waals surface area (Å²) in [4.78, 5) is 14.8. The monoisotopic (exact) mass is 385 g/mol. The number of aliphatic hydroxyl groups excluding tert-OH is 1. The van der Waals surface area contributed by atoms with Gasteiger partial charge in [-0.15, -0.1) is 5.10 Å². The van der Waals surface area contributed by atoms with E-state index in [0.29, 0.717) is 18.8 Å². The zero-order valence-electron chi connectivity index (χ0n) is 16.2. The first kappa shape index (κ1) is 19.0. The Morgan fingerprint density at radius 2 is 2.32 bits per heavy atom. The zero-order valence-corrected chi connectivity index (χ0v) is 16.2. The Labute approximate surface area is 164 Å². The first-order valence-corrected chi connectivity index (χ1v) is 9.94. The molecular formula is C20H27N5O3. The molecule has 1 fully saturated rings. The second kappa shape index (κ2) is 8.38. The van der Waals surface area contributed by atoms with E-state index >= 15 is 0 Å². The van der Waals surface area contributed by atoms with Crippen molar-refractivity contribution in [1.29, 1.82) is 0 Å². The van der Waals surface area contributed by atoms with Gasteiger partial charge in [-0.25, -0.2) is 4.68 Å². The van der Waals surface area contributed by atoms with Crippen LogP contribution in [0.1, 0.15) is 40.2 Å². The predicted octanol–water partition coefficient (Wildman–Crippen LogP) is 0.835. The maximum absolute atomic E-state index is 12.6. The summed E-state index contributed by atoms with van der Waals surface area (Å²) in [6.45, 7) is 5.71. The third-order valence-electron chi connectivity index (χ3n) is 5.59. The van der Waals surface area contributed by atoms with E-state index in [1.807, 2.05) is 19.1 Å². The van der Waals surface area contributed by atoms with E-state index in [0.717, 1.165) is 50.3 Å². The van der Waals surface area contributed by atoms with Gasteiger partial charge in [0.05, 0.1) is 24.1 Å². The molecule has 2 aliphatic heterocycles. The highest BCUT2D eigenvalue weighted by Gasteiger charge is 2.24. The van der Waals surface area contributed by atoms with Crippen molar-refractivity contribution in [3.05, 3.63) is 40.7 Å². The van der Waals surface area contributed by atoms with E-state index in [1.165, 1.54) is 11.1 Å². The van der Waals surface area contributed by atoms with E-state index < -0.39 is 0 Å². The molecule has 4 rings (SSSR count). The fraction of sp³-hybridized carbons (Fsp3) is 0.550. The van der Waals surface area contributed by atoms with Crippen LogP contribution in [0, 0.1) is 6.92 Å².